The van der Waals surface area contributed by atoms with Crippen molar-refractivity contribution in [3.8, 4) is 0 Å². The van der Waals surface area contributed by atoms with Crippen LogP contribution in [0.1, 0.15) is 22.8 Å². The van der Waals surface area contributed by atoms with E-state index in [4.69, 9.17) is 0 Å². The normalized spacial score (nSPS) is 11.1. The van der Waals surface area contributed by atoms with Gasteiger partial charge in [-0.1, -0.05) is 17.7 Å². The van der Waals surface area contributed by atoms with Crippen molar-refractivity contribution < 1.29 is 18.0 Å². The fourth-order valence-electron chi connectivity index (χ4n) is 3.02. The quantitative estimate of drug-likeness (QED) is 0.381. The van der Waals surface area contributed by atoms with Gasteiger partial charge < -0.3 is 5.32 Å². The van der Waals surface area contributed by atoms with E-state index in [2.05, 4.69) is 5.32 Å². The second kappa shape index (κ2) is 10.0. The molecule has 0 bridgehead atoms. The molecule has 166 valence electrons. The first-order valence-electron chi connectivity index (χ1n) is 9.85. The van der Waals surface area contributed by atoms with Crippen LogP contribution in [0.2, 0.25) is 0 Å². The number of ketones is 1. The summed E-state index contributed by atoms with van der Waals surface area (Å²) in [6.45, 7) is 2.97. The van der Waals surface area contributed by atoms with Gasteiger partial charge in [0.25, 0.3) is 10.0 Å². The topological polar surface area (TPSA) is 83.6 Å². The molecule has 0 unspecified atom stereocenters. The zero-order valence-electron chi connectivity index (χ0n) is 18.0. The zero-order chi connectivity index (χ0) is 23.3. The lowest BCUT2D eigenvalue weighted by atomic mass is 10.1. The van der Waals surface area contributed by atoms with Crippen molar-refractivity contribution in [3.05, 3.63) is 83.9 Å². The number of nitrogens with one attached hydrogen (secondary N) is 1. The number of hydrogen-bond donors (Lipinski definition) is 1. The zero-order valence-corrected chi connectivity index (χ0v) is 19.7. The van der Waals surface area contributed by atoms with E-state index in [0.29, 0.717) is 16.9 Å². The molecule has 0 aliphatic rings. The number of hydrogen-bond acceptors (Lipinski definition) is 5. The highest BCUT2D eigenvalue weighted by Crippen LogP contribution is 2.26. The van der Waals surface area contributed by atoms with E-state index in [9.17, 15) is 18.0 Å². The first kappa shape index (κ1) is 23.6. The molecular formula is C24H24N2O4S2. The number of anilines is 2. The molecule has 0 aliphatic heterocycles. The number of rotatable bonds is 8. The van der Waals surface area contributed by atoms with Crippen LogP contribution < -0.4 is 9.62 Å². The van der Waals surface area contributed by atoms with Gasteiger partial charge in [-0.3, -0.25) is 13.9 Å². The lowest BCUT2D eigenvalue weighted by Crippen LogP contribution is -2.38. The predicted octanol–water partition coefficient (Wildman–Crippen LogP) is 4.75. The van der Waals surface area contributed by atoms with Crippen LogP contribution in [0.3, 0.4) is 0 Å². The Kier molecular flexibility index (Phi) is 7.37. The molecule has 6 nitrogen and oxygen atoms in total. The van der Waals surface area contributed by atoms with Gasteiger partial charge in [0, 0.05) is 16.1 Å². The number of carbonyl (C=O) groups is 2. The third kappa shape index (κ3) is 5.57. The lowest BCUT2D eigenvalue weighted by Gasteiger charge is -2.24. The van der Waals surface area contributed by atoms with Gasteiger partial charge in [-0.15, -0.1) is 11.8 Å². The molecule has 0 atom stereocenters. The summed E-state index contributed by atoms with van der Waals surface area (Å²) in [4.78, 5) is 25.2. The SMILES string of the molecule is CSc1ccc(S(=O)(=O)N(CC(=O)Nc2ccc(C(C)=O)cc2)c2ccc(C)cc2)cc1. The molecule has 0 heterocycles. The third-order valence-electron chi connectivity index (χ3n) is 4.83. The Hall–Kier alpha value is -3.10. The Bertz CT molecular complexity index is 1200. The summed E-state index contributed by atoms with van der Waals surface area (Å²) in [5.74, 6) is -0.572. The van der Waals surface area contributed by atoms with E-state index >= 15 is 0 Å². The first-order valence-corrected chi connectivity index (χ1v) is 12.5. The number of thioether (sulfide) groups is 1. The Morgan fingerprint density at radius 2 is 1.50 bits per heavy atom. The Balaban J connectivity index is 1.89. The highest BCUT2D eigenvalue weighted by molar-refractivity contribution is 7.98. The second-order valence-electron chi connectivity index (χ2n) is 7.20. The predicted molar refractivity (Wildman–Crippen MR) is 129 cm³/mol. The number of nitrogens with zero attached hydrogens (tertiary/aromatic N) is 1. The number of Topliss-reactive ketones (excluding diaryl/α,β-unsaturated/α-hetero) is 1. The van der Waals surface area contributed by atoms with E-state index < -0.39 is 22.5 Å². The van der Waals surface area contributed by atoms with Crippen LogP contribution >= 0.6 is 11.8 Å². The van der Waals surface area contributed by atoms with Crippen LogP contribution in [-0.4, -0.2) is 32.9 Å². The highest BCUT2D eigenvalue weighted by Gasteiger charge is 2.27. The molecule has 0 aromatic heterocycles. The molecule has 0 aliphatic carbocycles. The molecule has 3 aromatic carbocycles. The Labute approximate surface area is 192 Å². The number of aryl methyl sites for hydroxylation is 1. The maximum Gasteiger partial charge on any atom is 0.264 e. The van der Waals surface area contributed by atoms with Crippen molar-refractivity contribution >= 4 is 44.9 Å². The average molecular weight is 469 g/mol. The van der Waals surface area contributed by atoms with Gasteiger partial charge in [0.05, 0.1) is 10.6 Å². The van der Waals surface area contributed by atoms with E-state index in [1.54, 1.807) is 72.8 Å². The van der Waals surface area contributed by atoms with E-state index in [1.165, 1.54) is 18.7 Å². The average Bonchev–Trinajstić information content (AvgIpc) is 2.78. The van der Waals surface area contributed by atoms with Crippen molar-refractivity contribution in [2.24, 2.45) is 0 Å². The maximum absolute atomic E-state index is 13.4. The van der Waals surface area contributed by atoms with Gasteiger partial charge in [-0.25, -0.2) is 8.42 Å². The molecule has 1 amide bonds. The monoisotopic (exact) mass is 468 g/mol. The Morgan fingerprint density at radius 1 is 0.906 bits per heavy atom. The molecule has 32 heavy (non-hydrogen) atoms. The minimum Gasteiger partial charge on any atom is -0.325 e. The Morgan fingerprint density at radius 3 is 2.03 bits per heavy atom. The number of sulfonamides is 1. The smallest absolute Gasteiger partial charge is 0.264 e. The van der Waals surface area contributed by atoms with E-state index in [0.717, 1.165) is 14.8 Å². The minimum absolute atomic E-state index is 0.0768. The van der Waals surface area contributed by atoms with E-state index in [1.807, 2.05) is 13.2 Å². The van der Waals surface area contributed by atoms with Crippen molar-refractivity contribution in [3.63, 3.8) is 0 Å². The molecule has 1 N–H and O–H groups in total. The van der Waals surface area contributed by atoms with Gasteiger partial charge in [-0.2, -0.15) is 0 Å². The number of carbonyl (C=O) groups excluding carboxylic acids is 2. The molecule has 0 spiro atoms. The van der Waals surface area contributed by atoms with Crippen LogP contribution in [0, 0.1) is 6.92 Å². The molecule has 3 aromatic rings. The van der Waals surface area contributed by atoms with E-state index in [-0.39, 0.29) is 10.7 Å². The molecule has 0 radical (unpaired) electrons. The van der Waals surface area contributed by atoms with Crippen LogP contribution in [0.15, 0.2) is 82.6 Å². The van der Waals surface area contributed by atoms with Gasteiger partial charge >= 0.3 is 0 Å². The van der Waals surface area contributed by atoms with Crippen molar-refractivity contribution in [1.82, 2.24) is 0 Å². The summed E-state index contributed by atoms with van der Waals surface area (Å²) < 4.78 is 28.0. The molecule has 0 saturated carbocycles. The minimum atomic E-state index is -3.98. The van der Waals surface area contributed by atoms with Crippen molar-refractivity contribution in [1.29, 1.82) is 0 Å². The first-order chi connectivity index (χ1) is 15.2. The summed E-state index contributed by atoms with van der Waals surface area (Å²) in [7, 11) is -3.98. The summed E-state index contributed by atoms with van der Waals surface area (Å²) >= 11 is 1.52. The fraction of sp³-hybridized carbons (Fsp3) is 0.167. The molecule has 8 heteroatoms. The maximum atomic E-state index is 13.4. The van der Waals surface area contributed by atoms with Crippen molar-refractivity contribution in [2.45, 2.75) is 23.6 Å². The number of amides is 1. The summed E-state index contributed by atoms with van der Waals surface area (Å²) in [6.07, 6.45) is 1.91. The standard InChI is InChI=1S/C24H24N2O4S2/c1-17-4-10-21(11-5-17)26(32(29,30)23-14-12-22(31-3)13-15-23)16-24(28)25-20-8-6-19(7-9-20)18(2)27/h4-15H,16H2,1-3H3,(H,25,28). The lowest BCUT2D eigenvalue weighted by molar-refractivity contribution is -0.114. The summed E-state index contributed by atoms with van der Waals surface area (Å²) in [5.41, 5.74) is 2.38. The van der Waals surface area contributed by atoms with Crippen molar-refractivity contribution in [2.75, 3.05) is 22.4 Å². The van der Waals surface area contributed by atoms with Gasteiger partial charge in [0.15, 0.2) is 5.78 Å². The van der Waals surface area contributed by atoms with Crippen LogP contribution in [-0.2, 0) is 14.8 Å². The van der Waals surface area contributed by atoms with Gasteiger partial charge in [0.2, 0.25) is 5.91 Å². The second-order valence-corrected chi connectivity index (χ2v) is 9.95. The molecular weight excluding hydrogens is 444 g/mol. The molecule has 0 fully saturated rings. The van der Waals surface area contributed by atoms with Gasteiger partial charge in [0.1, 0.15) is 6.54 Å². The van der Waals surface area contributed by atoms with Gasteiger partial charge in [-0.05, 0) is 80.8 Å². The van der Waals surface area contributed by atoms with Crippen LogP contribution in [0.25, 0.3) is 0 Å². The largest absolute Gasteiger partial charge is 0.325 e. The molecule has 3 rings (SSSR count). The molecule has 0 saturated heterocycles. The summed E-state index contributed by atoms with van der Waals surface area (Å²) in [5, 5.41) is 2.70. The van der Waals surface area contributed by atoms with Crippen LogP contribution in [0.4, 0.5) is 11.4 Å². The van der Waals surface area contributed by atoms with Crippen LogP contribution in [0.5, 0.6) is 0 Å². The highest BCUT2D eigenvalue weighted by atomic mass is 32.2. The summed E-state index contributed by atoms with van der Waals surface area (Å²) in [6, 6.07) is 20.0. The number of benzene rings is 3. The third-order valence-corrected chi connectivity index (χ3v) is 7.36. The fourth-order valence-corrected chi connectivity index (χ4v) is 4.85.